The lowest BCUT2D eigenvalue weighted by atomic mass is 9.94. The summed E-state index contributed by atoms with van der Waals surface area (Å²) in [6, 6.07) is 0.204. The van der Waals surface area contributed by atoms with Crippen LogP contribution in [0.3, 0.4) is 0 Å². The fourth-order valence-electron chi connectivity index (χ4n) is 3.16. The molecule has 0 N–H and O–H groups in total. The Kier molecular flexibility index (Phi) is 3.98. The molecule has 0 aromatic rings. The zero-order valence-electron chi connectivity index (χ0n) is 14.1. The Labute approximate surface area is 127 Å². The average Bonchev–Trinajstić information content (AvgIpc) is 2.56. The molecule has 5 heteroatoms. The average molecular weight is 296 g/mol. The molecule has 2 amide bonds. The van der Waals surface area contributed by atoms with E-state index in [1.54, 1.807) is 0 Å². The van der Waals surface area contributed by atoms with Crippen LogP contribution >= 0.6 is 0 Å². The number of rotatable bonds is 0. The predicted octanol–water partition coefficient (Wildman–Crippen LogP) is 2.64. The Morgan fingerprint density at radius 1 is 0.952 bits per heavy atom. The van der Waals surface area contributed by atoms with Gasteiger partial charge < -0.3 is 9.64 Å². The molecule has 0 saturated carbocycles. The van der Waals surface area contributed by atoms with Crippen LogP contribution in [0.15, 0.2) is 0 Å². The lowest BCUT2D eigenvalue weighted by Gasteiger charge is -2.43. The topological polar surface area (TPSA) is 49.9 Å². The van der Waals surface area contributed by atoms with Crippen LogP contribution in [0.5, 0.6) is 0 Å². The molecule has 2 unspecified atom stereocenters. The van der Waals surface area contributed by atoms with Crippen molar-refractivity contribution in [3.63, 3.8) is 0 Å². The first-order chi connectivity index (χ1) is 9.49. The van der Waals surface area contributed by atoms with Gasteiger partial charge in [0.15, 0.2) is 0 Å². The van der Waals surface area contributed by atoms with Crippen LogP contribution < -0.4 is 0 Å². The fourth-order valence-corrected chi connectivity index (χ4v) is 3.16. The summed E-state index contributed by atoms with van der Waals surface area (Å²) in [5.74, 6) is 0.170. The quantitative estimate of drug-likeness (QED) is 0.690. The van der Waals surface area contributed by atoms with E-state index in [1.165, 1.54) is 0 Å². The SMILES string of the molecule is CC(C)(C)OC(=O)N1C2CCC1CN(C(=O)C(C)(C)C)C2. The number of nitrogens with zero attached hydrogens (tertiary/aromatic N) is 2. The van der Waals surface area contributed by atoms with E-state index in [9.17, 15) is 9.59 Å². The molecule has 2 atom stereocenters. The standard InChI is InChI=1S/C16H28N2O3/c1-15(2,3)13(19)17-9-11-7-8-12(10-17)18(11)14(20)21-16(4,5)6/h11-12H,7-10H2,1-6H3. The molecule has 2 rings (SSSR count). The fraction of sp³-hybridized carbons (Fsp3) is 0.875. The summed E-state index contributed by atoms with van der Waals surface area (Å²) in [7, 11) is 0. The molecule has 0 radical (unpaired) electrons. The first-order valence-corrected chi connectivity index (χ1v) is 7.80. The monoisotopic (exact) mass is 296 g/mol. The summed E-state index contributed by atoms with van der Waals surface area (Å²) < 4.78 is 5.50. The van der Waals surface area contributed by atoms with Gasteiger partial charge in [0.1, 0.15) is 5.60 Å². The van der Waals surface area contributed by atoms with Gasteiger partial charge in [-0.25, -0.2) is 4.79 Å². The number of fused-ring (bicyclic) bond motifs is 2. The molecule has 2 aliphatic rings. The Balaban J connectivity index is 2.06. The third-order valence-corrected chi connectivity index (χ3v) is 4.02. The maximum absolute atomic E-state index is 12.4. The number of piperazine rings is 1. The van der Waals surface area contributed by atoms with Gasteiger partial charge in [0.25, 0.3) is 0 Å². The van der Waals surface area contributed by atoms with Gasteiger partial charge in [-0.15, -0.1) is 0 Å². The van der Waals surface area contributed by atoms with Crippen molar-refractivity contribution in [2.45, 2.75) is 72.1 Å². The molecule has 2 fully saturated rings. The minimum Gasteiger partial charge on any atom is -0.444 e. The molecule has 0 aliphatic carbocycles. The van der Waals surface area contributed by atoms with E-state index in [2.05, 4.69) is 0 Å². The van der Waals surface area contributed by atoms with Crippen LogP contribution in [-0.2, 0) is 9.53 Å². The predicted molar refractivity (Wildman–Crippen MR) is 80.9 cm³/mol. The maximum atomic E-state index is 12.4. The molecule has 2 saturated heterocycles. The summed E-state index contributed by atoms with van der Waals surface area (Å²) in [4.78, 5) is 28.6. The molecule has 2 aliphatic heterocycles. The van der Waals surface area contributed by atoms with Crippen molar-refractivity contribution in [1.82, 2.24) is 9.80 Å². The normalized spacial score (nSPS) is 26.0. The van der Waals surface area contributed by atoms with E-state index >= 15 is 0 Å². The van der Waals surface area contributed by atoms with Gasteiger partial charge in [0.2, 0.25) is 5.91 Å². The Hall–Kier alpha value is -1.26. The van der Waals surface area contributed by atoms with Crippen molar-refractivity contribution in [2.24, 2.45) is 5.41 Å². The summed E-state index contributed by atoms with van der Waals surface area (Å²) in [5.41, 5.74) is -0.845. The highest BCUT2D eigenvalue weighted by molar-refractivity contribution is 5.82. The van der Waals surface area contributed by atoms with Gasteiger partial charge >= 0.3 is 6.09 Å². The largest absolute Gasteiger partial charge is 0.444 e. The summed E-state index contributed by atoms with van der Waals surface area (Å²) >= 11 is 0. The highest BCUT2D eigenvalue weighted by Gasteiger charge is 2.46. The third kappa shape index (κ3) is 3.50. The second-order valence-electron chi connectivity index (χ2n) is 8.23. The molecule has 21 heavy (non-hydrogen) atoms. The molecule has 2 bridgehead atoms. The number of hydrogen-bond donors (Lipinski definition) is 0. The van der Waals surface area contributed by atoms with E-state index in [0.717, 1.165) is 12.8 Å². The number of hydrogen-bond acceptors (Lipinski definition) is 3. The first kappa shape index (κ1) is 16.1. The third-order valence-electron chi connectivity index (χ3n) is 4.02. The van der Waals surface area contributed by atoms with Crippen LogP contribution in [-0.4, -0.2) is 52.6 Å². The molecular formula is C16H28N2O3. The van der Waals surface area contributed by atoms with E-state index in [-0.39, 0.29) is 29.5 Å². The van der Waals surface area contributed by atoms with Crippen molar-refractivity contribution in [3.05, 3.63) is 0 Å². The van der Waals surface area contributed by atoms with Crippen molar-refractivity contribution in [3.8, 4) is 0 Å². The molecule has 5 nitrogen and oxygen atoms in total. The summed E-state index contributed by atoms with van der Waals surface area (Å²) in [5, 5.41) is 0. The Morgan fingerprint density at radius 3 is 1.81 bits per heavy atom. The minimum absolute atomic E-state index is 0.102. The van der Waals surface area contributed by atoms with Crippen molar-refractivity contribution >= 4 is 12.0 Å². The van der Waals surface area contributed by atoms with Gasteiger partial charge in [-0.1, -0.05) is 20.8 Å². The van der Waals surface area contributed by atoms with E-state index in [4.69, 9.17) is 4.74 Å². The number of carbonyl (C=O) groups is 2. The van der Waals surface area contributed by atoms with Crippen LogP contribution in [0, 0.1) is 5.41 Å². The summed E-state index contributed by atoms with van der Waals surface area (Å²) in [6.07, 6.45) is 1.67. The number of carbonyl (C=O) groups excluding carboxylic acids is 2. The number of likely N-dealkylation sites (tertiary alicyclic amines) is 1. The van der Waals surface area contributed by atoms with Crippen LogP contribution in [0.25, 0.3) is 0 Å². The number of ether oxygens (including phenoxy) is 1. The minimum atomic E-state index is -0.477. The van der Waals surface area contributed by atoms with Crippen molar-refractivity contribution in [1.29, 1.82) is 0 Å². The highest BCUT2D eigenvalue weighted by Crippen LogP contribution is 2.33. The van der Waals surface area contributed by atoms with E-state index < -0.39 is 5.60 Å². The Bertz CT molecular complexity index is 420. The van der Waals surface area contributed by atoms with E-state index in [1.807, 2.05) is 51.3 Å². The zero-order valence-corrected chi connectivity index (χ0v) is 14.1. The molecular weight excluding hydrogens is 268 g/mol. The van der Waals surface area contributed by atoms with Crippen LogP contribution in [0.1, 0.15) is 54.4 Å². The smallest absolute Gasteiger partial charge is 0.410 e. The first-order valence-electron chi connectivity index (χ1n) is 7.80. The van der Waals surface area contributed by atoms with Gasteiger partial charge in [-0.05, 0) is 33.6 Å². The zero-order chi connectivity index (χ0) is 16.0. The molecule has 0 aromatic heterocycles. The molecule has 0 spiro atoms. The Morgan fingerprint density at radius 2 is 1.43 bits per heavy atom. The van der Waals surface area contributed by atoms with Gasteiger partial charge in [0.05, 0.1) is 12.1 Å². The maximum Gasteiger partial charge on any atom is 0.410 e. The molecule has 2 heterocycles. The molecule has 0 aromatic carbocycles. The molecule has 120 valence electrons. The van der Waals surface area contributed by atoms with Crippen molar-refractivity contribution in [2.75, 3.05) is 13.1 Å². The second-order valence-corrected chi connectivity index (χ2v) is 8.23. The summed E-state index contributed by atoms with van der Waals surface area (Å²) in [6.45, 7) is 12.7. The van der Waals surface area contributed by atoms with Crippen molar-refractivity contribution < 1.29 is 14.3 Å². The lowest BCUT2D eigenvalue weighted by molar-refractivity contribution is -0.142. The number of amides is 2. The van der Waals surface area contributed by atoms with Crippen LogP contribution in [0.4, 0.5) is 4.79 Å². The lowest BCUT2D eigenvalue weighted by Crippen LogP contribution is -2.59. The second kappa shape index (κ2) is 5.18. The highest BCUT2D eigenvalue weighted by atomic mass is 16.6. The van der Waals surface area contributed by atoms with Gasteiger partial charge in [-0.3, -0.25) is 9.69 Å². The van der Waals surface area contributed by atoms with Crippen LogP contribution in [0.2, 0.25) is 0 Å². The van der Waals surface area contributed by atoms with Gasteiger partial charge in [-0.2, -0.15) is 0 Å². The van der Waals surface area contributed by atoms with E-state index in [0.29, 0.717) is 13.1 Å². The van der Waals surface area contributed by atoms with Gasteiger partial charge in [0, 0.05) is 18.5 Å².